The van der Waals surface area contributed by atoms with E-state index in [-0.39, 0.29) is 18.2 Å². The highest BCUT2D eigenvalue weighted by atomic mass is 16.2. The highest BCUT2D eigenvalue weighted by Crippen LogP contribution is 2.36. The molecule has 1 aliphatic carbocycles. The molecule has 0 spiro atoms. The van der Waals surface area contributed by atoms with Crippen molar-refractivity contribution in [2.75, 3.05) is 0 Å². The van der Waals surface area contributed by atoms with Crippen LogP contribution in [-0.2, 0) is 22.4 Å². The molecular weight excluding hydrogens is 316 g/mol. The average molecular weight is 332 g/mol. The lowest BCUT2D eigenvalue weighted by atomic mass is 9.85. The van der Waals surface area contributed by atoms with Gasteiger partial charge in [0.1, 0.15) is 0 Å². The van der Waals surface area contributed by atoms with E-state index in [1.54, 1.807) is 6.08 Å². The molecule has 0 fully saturated rings. The Labute approximate surface area is 143 Å². The van der Waals surface area contributed by atoms with Gasteiger partial charge in [0.2, 0.25) is 5.91 Å². The maximum atomic E-state index is 12.3. The number of aryl methyl sites for hydroxylation is 1. The summed E-state index contributed by atoms with van der Waals surface area (Å²) in [5.74, 6) is -0.608. The minimum Gasteiger partial charge on any atom is -0.292 e. The fourth-order valence-electron chi connectivity index (χ4n) is 4.01. The van der Waals surface area contributed by atoms with E-state index in [1.807, 2.05) is 18.3 Å². The maximum absolute atomic E-state index is 12.3. The number of hydrogen-bond acceptors (Lipinski definition) is 4. The summed E-state index contributed by atoms with van der Waals surface area (Å²) in [6, 6.07) is 3.94. The van der Waals surface area contributed by atoms with Gasteiger partial charge in [0.25, 0.3) is 5.91 Å². The Hall–Kier alpha value is -3.02. The van der Waals surface area contributed by atoms with E-state index < -0.39 is 0 Å². The highest BCUT2D eigenvalue weighted by Gasteiger charge is 2.27. The summed E-state index contributed by atoms with van der Waals surface area (Å²) in [6.45, 7) is 0. The molecule has 0 saturated heterocycles. The van der Waals surface area contributed by atoms with Crippen LogP contribution in [0.3, 0.4) is 0 Å². The van der Waals surface area contributed by atoms with Crippen molar-refractivity contribution in [2.45, 2.75) is 32.1 Å². The second-order valence-electron chi connectivity index (χ2n) is 6.61. The summed E-state index contributed by atoms with van der Waals surface area (Å²) in [7, 11) is 0. The number of benzene rings is 1. The van der Waals surface area contributed by atoms with E-state index in [1.165, 1.54) is 5.56 Å². The zero-order valence-corrected chi connectivity index (χ0v) is 13.6. The zero-order valence-electron chi connectivity index (χ0n) is 13.6. The quantitative estimate of drug-likeness (QED) is 0.670. The van der Waals surface area contributed by atoms with Gasteiger partial charge in [0.05, 0.1) is 28.5 Å². The first-order chi connectivity index (χ1) is 12.2. The molecule has 0 unspecified atom stereocenters. The molecule has 2 amide bonds. The first-order valence-electron chi connectivity index (χ1n) is 8.54. The van der Waals surface area contributed by atoms with Crippen molar-refractivity contribution < 1.29 is 9.59 Å². The van der Waals surface area contributed by atoms with E-state index >= 15 is 0 Å². The molecule has 2 aromatic heterocycles. The van der Waals surface area contributed by atoms with Crippen molar-refractivity contribution in [1.82, 2.24) is 20.5 Å². The number of nitrogens with zero attached hydrogens (tertiary/aromatic N) is 2. The molecule has 124 valence electrons. The SMILES string of the molecule is O=C1CC=C(c2nc3ccc4[nH]ncc4c3c3c2CCCC3)C(=O)N1. The Morgan fingerprint density at radius 1 is 1.04 bits per heavy atom. The van der Waals surface area contributed by atoms with Crippen LogP contribution in [0.5, 0.6) is 0 Å². The molecule has 3 heterocycles. The molecular formula is C19H16N4O2. The number of amides is 2. The molecule has 1 aromatic carbocycles. The largest absolute Gasteiger partial charge is 0.292 e. The summed E-state index contributed by atoms with van der Waals surface area (Å²) in [5, 5.41) is 11.8. The molecule has 0 saturated carbocycles. The first-order valence-corrected chi connectivity index (χ1v) is 8.54. The second kappa shape index (κ2) is 5.24. The summed E-state index contributed by atoms with van der Waals surface area (Å²) in [4.78, 5) is 28.6. The lowest BCUT2D eigenvalue weighted by molar-refractivity contribution is -0.127. The van der Waals surface area contributed by atoms with Gasteiger partial charge in [-0.25, -0.2) is 4.98 Å². The van der Waals surface area contributed by atoms with Gasteiger partial charge in [0, 0.05) is 17.2 Å². The molecule has 5 rings (SSSR count). The number of fused-ring (bicyclic) bond motifs is 5. The topological polar surface area (TPSA) is 87.7 Å². The Morgan fingerprint density at radius 2 is 1.88 bits per heavy atom. The minimum absolute atomic E-state index is 0.219. The van der Waals surface area contributed by atoms with Gasteiger partial charge in [-0.2, -0.15) is 5.10 Å². The van der Waals surface area contributed by atoms with Crippen LogP contribution in [-0.4, -0.2) is 27.0 Å². The van der Waals surface area contributed by atoms with Gasteiger partial charge < -0.3 is 0 Å². The fourth-order valence-corrected chi connectivity index (χ4v) is 4.01. The van der Waals surface area contributed by atoms with Crippen molar-refractivity contribution in [2.24, 2.45) is 0 Å². The molecule has 3 aromatic rings. The van der Waals surface area contributed by atoms with Crippen LogP contribution in [0.15, 0.2) is 24.4 Å². The summed E-state index contributed by atoms with van der Waals surface area (Å²) >= 11 is 0. The minimum atomic E-state index is -0.347. The lowest BCUT2D eigenvalue weighted by Gasteiger charge is -2.23. The monoisotopic (exact) mass is 332 g/mol. The van der Waals surface area contributed by atoms with Gasteiger partial charge in [0.15, 0.2) is 0 Å². The van der Waals surface area contributed by atoms with E-state index in [4.69, 9.17) is 4.98 Å². The number of aromatic nitrogens is 3. The van der Waals surface area contributed by atoms with Crippen LogP contribution in [0.4, 0.5) is 0 Å². The third-order valence-electron chi connectivity index (χ3n) is 5.13. The lowest BCUT2D eigenvalue weighted by Crippen LogP contribution is -2.34. The number of pyridine rings is 1. The van der Waals surface area contributed by atoms with Crippen molar-refractivity contribution >= 4 is 39.2 Å². The smallest absolute Gasteiger partial charge is 0.259 e. The Balaban J connectivity index is 1.85. The number of nitrogens with one attached hydrogen (secondary N) is 2. The zero-order chi connectivity index (χ0) is 17.0. The molecule has 25 heavy (non-hydrogen) atoms. The van der Waals surface area contributed by atoms with Crippen molar-refractivity contribution in [3.63, 3.8) is 0 Å². The van der Waals surface area contributed by atoms with E-state index in [0.29, 0.717) is 5.57 Å². The summed E-state index contributed by atoms with van der Waals surface area (Å²) in [6.07, 6.45) is 7.86. The van der Waals surface area contributed by atoms with E-state index in [9.17, 15) is 9.59 Å². The molecule has 2 aliphatic rings. The summed E-state index contributed by atoms with van der Waals surface area (Å²) < 4.78 is 0. The fraction of sp³-hybridized carbons (Fsp3) is 0.263. The molecule has 0 atom stereocenters. The van der Waals surface area contributed by atoms with E-state index in [0.717, 1.165) is 58.7 Å². The molecule has 1 aliphatic heterocycles. The standard InChI is InChI=1S/C19H16N4O2/c24-16-8-5-12(19(25)22-16)18-11-4-2-1-3-10(11)17-13-9-20-23-14(13)6-7-15(17)21-18/h5-7,9H,1-4,8H2,(H,20,23)(H,22,24,25). The molecule has 0 bridgehead atoms. The predicted molar refractivity (Wildman–Crippen MR) is 93.8 cm³/mol. The number of imide groups is 1. The molecule has 6 nitrogen and oxygen atoms in total. The number of aromatic amines is 1. The van der Waals surface area contributed by atoms with Gasteiger partial charge in [-0.3, -0.25) is 20.0 Å². The number of hydrogen-bond donors (Lipinski definition) is 2. The number of carbonyl (C=O) groups excluding carboxylic acids is 2. The first kappa shape index (κ1) is 14.3. The van der Waals surface area contributed by atoms with Crippen LogP contribution in [0.2, 0.25) is 0 Å². The Morgan fingerprint density at radius 3 is 2.72 bits per heavy atom. The van der Waals surface area contributed by atoms with Gasteiger partial charge in [-0.05, 0) is 48.9 Å². The average Bonchev–Trinajstić information content (AvgIpc) is 3.10. The van der Waals surface area contributed by atoms with Gasteiger partial charge in [-0.15, -0.1) is 0 Å². The van der Waals surface area contributed by atoms with Crippen molar-refractivity contribution in [1.29, 1.82) is 0 Å². The van der Waals surface area contributed by atoms with Crippen LogP contribution >= 0.6 is 0 Å². The third kappa shape index (κ3) is 2.10. The molecule has 2 N–H and O–H groups in total. The number of rotatable bonds is 1. The van der Waals surface area contributed by atoms with E-state index in [2.05, 4.69) is 15.5 Å². The molecule has 6 heteroatoms. The predicted octanol–water partition coefficient (Wildman–Crippen LogP) is 2.42. The second-order valence-corrected chi connectivity index (χ2v) is 6.61. The van der Waals surface area contributed by atoms with Crippen LogP contribution < -0.4 is 5.32 Å². The van der Waals surface area contributed by atoms with Gasteiger partial charge >= 0.3 is 0 Å². The van der Waals surface area contributed by atoms with Gasteiger partial charge in [-0.1, -0.05) is 6.08 Å². The maximum Gasteiger partial charge on any atom is 0.259 e. The third-order valence-corrected chi connectivity index (χ3v) is 5.13. The van der Waals surface area contributed by atoms with Crippen molar-refractivity contribution in [3.05, 3.63) is 41.2 Å². The number of H-pyrrole nitrogens is 1. The van der Waals surface area contributed by atoms with Crippen LogP contribution in [0.1, 0.15) is 36.1 Å². The molecule has 0 radical (unpaired) electrons. The normalized spacial score (nSPS) is 17.5. The summed E-state index contributed by atoms with van der Waals surface area (Å²) in [5.41, 5.74) is 5.53. The Bertz CT molecular complexity index is 1090. The van der Waals surface area contributed by atoms with Crippen molar-refractivity contribution in [3.8, 4) is 0 Å². The number of carbonyl (C=O) groups is 2. The van der Waals surface area contributed by atoms with Crippen LogP contribution in [0, 0.1) is 0 Å². The van der Waals surface area contributed by atoms with Crippen LogP contribution in [0.25, 0.3) is 27.4 Å². The highest BCUT2D eigenvalue weighted by molar-refractivity contribution is 6.26. The Kier molecular flexibility index (Phi) is 3.00.